The summed E-state index contributed by atoms with van der Waals surface area (Å²) < 4.78 is 12.0. The molecule has 1 atom stereocenters. The minimum atomic E-state index is -2.09. The molecule has 1 fully saturated rings. The average molecular weight is 525 g/mol. The Bertz CT molecular complexity index is 1090. The zero-order chi connectivity index (χ0) is 27.2. The molecule has 7 nitrogen and oxygen atoms in total. The smallest absolute Gasteiger partial charge is 0.251 e. The Labute approximate surface area is 221 Å². The first-order valence-corrected chi connectivity index (χ1v) is 15.9. The number of hydrogen-bond acceptors (Lipinski definition) is 5. The molecule has 0 spiro atoms. The molecule has 0 unspecified atom stereocenters. The summed E-state index contributed by atoms with van der Waals surface area (Å²) in [5.74, 6) is 0.397. The SMILES string of the molecule is CCc1ccc(C(=O)NCc2ccc(OCCC(=O)N3CC(=O)[C@@H](O[Si](C)(C)C(C)(C)C)C3)cc2)cc1. The second kappa shape index (κ2) is 12.0. The monoisotopic (exact) mass is 524 g/mol. The van der Waals surface area contributed by atoms with Crippen molar-refractivity contribution in [1.82, 2.24) is 10.2 Å². The van der Waals surface area contributed by atoms with Gasteiger partial charge in [-0.05, 0) is 59.9 Å². The number of amides is 2. The lowest BCUT2D eigenvalue weighted by Gasteiger charge is -2.37. The molecule has 1 N–H and O–H groups in total. The Morgan fingerprint density at radius 3 is 2.24 bits per heavy atom. The molecule has 2 aromatic rings. The van der Waals surface area contributed by atoms with E-state index < -0.39 is 14.4 Å². The van der Waals surface area contributed by atoms with Gasteiger partial charge in [0, 0.05) is 12.1 Å². The number of hydrogen-bond donors (Lipinski definition) is 1. The summed E-state index contributed by atoms with van der Waals surface area (Å²) in [7, 11) is -2.09. The third-order valence-corrected chi connectivity index (χ3v) is 11.8. The quantitative estimate of drug-likeness (QED) is 0.454. The minimum absolute atomic E-state index is 0.000393. The fraction of sp³-hybridized carbons (Fsp3) is 0.483. The van der Waals surface area contributed by atoms with Crippen molar-refractivity contribution in [2.45, 2.75) is 71.3 Å². The molecule has 0 bridgehead atoms. The van der Waals surface area contributed by atoms with Crippen molar-refractivity contribution < 1.29 is 23.5 Å². The second-order valence-electron chi connectivity index (χ2n) is 11.1. The van der Waals surface area contributed by atoms with Gasteiger partial charge in [-0.25, -0.2) is 0 Å². The van der Waals surface area contributed by atoms with Gasteiger partial charge in [0.25, 0.3) is 5.91 Å². The van der Waals surface area contributed by atoms with Crippen molar-refractivity contribution in [3.05, 3.63) is 65.2 Å². The maximum Gasteiger partial charge on any atom is 0.251 e. The number of rotatable bonds is 10. The van der Waals surface area contributed by atoms with Gasteiger partial charge in [-0.3, -0.25) is 14.4 Å². The maximum absolute atomic E-state index is 12.7. The van der Waals surface area contributed by atoms with Crippen LogP contribution in [0.5, 0.6) is 5.75 Å². The summed E-state index contributed by atoms with van der Waals surface area (Å²) in [5, 5.41) is 2.93. The molecule has 0 saturated carbocycles. The molecule has 1 saturated heterocycles. The van der Waals surface area contributed by atoms with Gasteiger partial charge >= 0.3 is 0 Å². The summed E-state index contributed by atoms with van der Waals surface area (Å²) >= 11 is 0. The molecule has 2 aromatic carbocycles. The van der Waals surface area contributed by atoms with Crippen molar-refractivity contribution in [1.29, 1.82) is 0 Å². The number of nitrogens with one attached hydrogen (secondary N) is 1. The molecule has 1 aliphatic rings. The molecular weight excluding hydrogens is 484 g/mol. The minimum Gasteiger partial charge on any atom is -0.493 e. The van der Waals surface area contributed by atoms with Crippen LogP contribution in [0.2, 0.25) is 18.1 Å². The first-order valence-electron chi connectivity index (χ1n) is 13.0. The molecule has 37 heavy (non-hydrogen) atoms. The van der Waals surface area contributed by atoms with Crippen molar-refractivity contribution in [3.63, 3.8) is 0 Å². The molecule has 3 rings (SSSR count). The van der Waals surface area contributed by atoms with Crippen LogP contribution in [-0.2, 0) is 27.0 Å². The van der Waals surface area contributed by atoms with Crippen LogP contribution in [0.4, 0.5) is 0 Å². The van der Waals surface area contributed by atoms with E-state index in [9.17, 15) is 14.4 Å². The number of ether oxygens (including phenoxy) is 1. The van der Waals surface area contributed by atoms with Gasteiger partial charge in [-0.1, -0.05) is 52.0 Å². The first kappa shape index (κ1) is 28.6. The number of ketones is 1. The molecule has 2 amide bonds. The number of carbonyl (C=O) groups excluding carboxylic acids is 3. The zero-order valence-corrected chi connectivity index (χ0v) is 23.9. The Balaban J connectivity index is 1.41. The topological polar surface area (TPSA) is 84.9 Å². The zero-order valence-electron chi connectivity index (χ0n) is 22.9. The van der Waals surface area contributed by atoms with Crippen LogP contribution in [0.15, 0.2) is 48.5 Å². The number of likely N-dealkylation sites (tertiary alicyclic amines) is 1. The van der Waals surface area contributed by atoms with Gasteiger partial charge in [0.05, 0.1) is 26.1 Å². The molecule has 1 aliphatic heterocycles. The van der Waals surface area contributed by atoms with Crippen molar-refractivity contribution >= 4 is 25.9 Å². The highest BCUT2D eigenvalue weighted by molar-refractivity contribution is 6.74. The van der Waals surface area contributed by atoms with E-state index in [1.165, 1.54) is 5.56 Å². The van der Waals surface area contributed by atoms with Gasteiger partial charge in [0.2, 0.25) is 5.91 Å². The highest BCUT2D eigenvalue weighted by Crippen LogP contribution is 2.38. The number of benzene rings is 2. The van der Waals surface area contributed by atoms with Crippen molar-refractivity contribution in [2.75, 3.05) is 19.7 Å². The predicted molar refractivity (Wildman–Crippen MR) is 147 cm³/mol. The van der Waals surface area contributed by atoms with E-state index in [0.717, 1.165) is 12.0 Å². The molecular formula is C29H40N2O5Si. The average Bonchev–Trinajstić information content (AvgIpc) is 3.22. The largest absolute Gasteiger partial charge is 0.493 e. The van der Waals surface area contributed by atoms with Crippen LogP contribution < -0.4 is 10.1 Å². The molecule has 200 valence electrons. The Morgan fingerprint density at radius 1 is 1.03 bits per heavy atom. The fourth-order valence-corrected chi connectivity index (χ4v) is 5.05. The van der Waals surface area contributed by atoms with Crippen LogP contribution >= 0.6 is 0 Å². The van der Waals surface area contributed by atoms with Gasteiger partial charge < -0.3 is 19.4 Å². The van der Waals surface area contributed by atoms with Crippen LogP contribution in [-0.4, -0.2) is 56.6 Å². The van der Waals surface area contributed by atoms with Crippen LogP contribution in [0.3, 0.4) is 0 Å². The van der Waals surface area contributed by atoms with E-state index in [0.29, 0.717) is 24.4 Å². The summed E-state index contributed by atoms with van der Waals surface area (Å²) in [5.41, 5.74) is 2.78. The highest BCUT2D eigenvalue weighted by atomic mass is 28.4. The molecule has 0 aliphatic carbocycles. The molecule has 0 aromatic heterocycles. The molecule has 1 heterocycles. The lowest BCUT2D eigenvalue weighted by atomic mass is 10.1. The van der Waals surface area contributed by atoms with Gasteiger partial charge in [0.15, 0.2) is 14.1 Å². The fourth-order valence-electron chi connectivity index (χ4n) is 3.78. The number of Topliss-reactive ketones (excluding diaryl/α,β-unsaturated/α-hetero) is 1. The van der Waals surface area contributed by atoms with Crippen LogP contribution in [0.25, 0.3) is 0 Å². The van der Waals surface area contributed by atoms with Crippen LogP contribution in [0, 0.1) is 0 Å². The van der Waals surface area contributed by atoms with E-state index in [4.69, 9.17) is 9.16 Å². The standard InChI is InChI=1S/C29H40N2O5Si/c1-7-21-8-12-23(13-9-21)28(34)30-18-22-10-14-24(15-11-22)35-17-16-27(33)31-19-25(32)26(20-31)36-37(5,6)29(2,3)4/h8-15,26H,7,16-20H2,1-6H3,(H,30,34)/t26-/m0/s1. The molecule has 0 radical (unpaired) electrons. The van der Waals surface area contributed by atoms with Crippen LogP contribution in [0.1, 0.15) is 55.6 Å². The summed E-state index contributed by atoms with van der Waals surface area (Å²) in [6.45, 7) is 13.8. The maximum atomic E-state index is 12.7. The van der Waals surface area contributed by atoms with E-state index in [2.05, 4.69) is 46.1 Å². The van der Waals surface area contributed by atoms with E-state index >= 15 is 0 Å². The van der Waals surface area contributed by atoms with Gasteiger partial charge in [0.1, 0.15) is 11.9 Å². The van der Waals surface area contributed by atoms with Crippen molar-refractivity contribution in [3.8, 4) is 5.75 Å². The second-order valence-corrected chi connectivity index (χ2v) is 15.8. The van der Waals surface area contributed by atoms with E-state index in [-0.39, 0.29) is 42.2 Å². The summed E-state index contributed by atoms with van der Waals surface area (Å²) in [6.07, 6.45) is 0.596. The number of nitrogens with zero attached hydrogens (tertiary/aromatic N) is 1. The Hall–Kier alpha value is -2.97. The number of carbonyl (C=O) groups is 3. The van der Waals surface area contributed by atoms with E-state index in [1.54, 1.807) is 4.90 Å². The first-order chi connectivity index (χ1) is 17.4. The van der Waals surface area contributed by atoms with Gasteiger partial charge in [-0.2, -0.15) is 0 Å². The normalized spacial score (nSPS) is 16.1. The third-order valence-electron chi connectivity index (χ3n) is 7.27. The highest BCUT2D eigenvalue weighted by Gasteiger charge is 2.43. The number of aryl methyl sites for hydroxylation is 1. The molecule has 8 heteroatoms. The van der Waals surface area contributed by atoms with Crippen molar-refractivity contribution in [2.24, 2.45) is 0 Å². The summed E-state index contributed by atoms with van der Waals surface area (Å²) in [4.78, 5) is 39.1. The third kappa shape index (κ3) is 7.76. The lowest BCUT2D eigenvalue weighted by Crippen LogP contribution is -2.46. The summed E-state index contributed by atoms with van der Waals surface area (Å²) in [6, 6.07) is 15.0. The van der Waals surface area contributed by atoms with E-state index in [1.807, 2.05) is 48.5 Å². The lowest BCUT2D eigenvalue weighted by molar-refractivity contribution is -0.132. The van der Waals surface area contributed by atoms with Gasteiger partial charge in [-0.15, -0.1) is 0 Å². The Kier molecular flexibility index (Phi) is 9.31. The Morgan fingerprint density at radius 2 is 1.65 bits per heavy atom. The predicted octanol–water partition coefficient (Wildman–Crippen LogP) is 4.75.